The fraction of sp³-hybridized carbons (Fsp3) is 0.600. The Morgan fingerprint density at radius 1 is 1.21 bits per heavy atom. The molecule has 3 atom stereocenters. The Morgan fingerprint density at radius 2 is 1.93 bits per heavy atom. The van der Waals surface area contributed by atoms with Gasteiger partial charge in [-0.2, -0.15) is 0 Å². The van der Waals surface area contributed by atoms with Gasteiger partial charge in [0, 0.05) is 12.8 Å². The monoisotopic (exact) mass is 409 g/mol. The molecule has 1 aliphatic carbocycles. The first kappa shape index (κ1) is 21.0. The van der Waals surface area contributed by atoms with Gasteiger partial charge in [-0.1, -0.05) is 49.6 Å². The van der Waals surface area contributed by atoms with Crippen molar-refractivity contribution in [3.63, 3.8) is 0 Å². The summed E-state index contributed by atoms with van der Waals surface area (Å²) in [7, 11) is -2.80. The summed E-state index contributed by atoms with van der Waals surface area (Å²) in [6, 6.07) is 8.58. The van der Waals surface area contributed by atoms with Gasteiger partial charge in [0.2, 0.25) is 7.37 Å². The Balaban J connectivity index is 1.43. The molecule has 154 valence electrons. The molecule has 1 aliphatic heterocycles. The van der Waals surface area contributed by atoms with Crippen molar-refractivity contribution in [3.8, 4) is 0 Å². The first-order chi connectivity index (χ1) is 13.4. The van der Waals surface area contributed by atoms with Crippen LogP contribution < -0.4 is 5.32 Å². The van der Waals surface area contributed by atoms with Crippen LogP contribution in [0.15, 0.2) is 30.3 Å². The van der Waals surface area contributed by atoms with Crippen molar-refractivity contribution in [2.75, 3.05) is 12.8 Å². The van der Waals surface area contributed by atoms with Gasteiger partial charge in [-0.25, -0.2) is 4.79 Å². The molecule has 2 aliphatic rings. The van der Waals surface area contributed by atoms with Crippen LogP contribution in [0.5, 0.6) is 0 Å². The maximum absolute atomic E-state index is 12.7. The minimum absolute atomic E-state index is 0.0498. The summed E-state index contributed by atoms with van der Waals surface area (Å²) in [5.41, 5.74) is 0.850. The predicted octanol–water partition coefficient (Wildman–Crippen LogP) is 3.22. The molecule has 1 heterocycles. The lowest BCUT2D eigenvalue weighted by Gasteiger charge is -2.26. The van der Waals surface area contributed by atoms with E-state index in [-0.39, 0.29) is 18.9 Å². The Labute approximate surface area is 165 Å². The van der Waals surface area contributed by atoms with Gasteiger partial charge in [0.05, 0.1) is 6.10 Å². The number of cyclic esters (lactones) is 1. The van der Waals surface area contributed by atoms with Crippen molar-refractivity contribution in [3.05, 3.63) is 35.9 Å². The SMILES string of the molecule is CP(=O)(CCC1NC(C(=O)OCc2ccccc2)OC1=O)OC1CCCCC1. The molecule has 7 nitrogen and oxygen atoms in total. The smallest absolute Gasteiger partial charge is 0.363 e. The van der Waals surface area contributed by atoms with E-state index in [0.29, 0.717) is 6.42 Å². The van der Waals surface area contributed by atoms with Crippen molar-refractivity contribution in [2.24, 2.45) is 0 Å². The summed E-state index contributed by atoms with van der Waals surface area (Å²) < 4.78 is 28.8. The van der Waals surface area contributed by atoms with Gasteiger partial charge >= 0.3 is 11.9 Å². The zero-order valence-corrected chi connectivity index (χ0v) is 17.1. The van der Waals surface area contributed by atoms with Crippen molar-refractivity contribution in [1.29, 1.82) is 0 Å². The van der Waals surface area contributed by atoms with Crippen LogP contribution in [0.3, 0.4) is 0 Å². The summed E-state index contributed by atoms with van der Waals surface area (Å²) in [5, 5.41) is 2.83. The molecule has 0 bridgehead atoms. The summed E-state index contributed by atoms with van der Waals surface area (Å²) in [6.07, 6.45) is 4.78. The first-order valence-corrected chi connectivity index (χ1v) is 12.1. The van der Waals surface area contributed by atoms with Crippen LogP contribution in [-0.2, 0) is 34.8 Å². The molecule has 1 aromatic rings. The highest BCUT2D eigenvalue weighted by molar-refractivity contribution is 7.58. The van der Waals surface area contributed by atoms with Crippen LogP contribution >= 0.6 is 7.37 Å². The Morgan fingerprint density at radius 3 is 2.64 bits per heavy atom. The number of rotatable bonds is 8. The van der Waals surface area contributed by atoms with Gasteiger partial charge in [-0.05, 0) is 24.8 Å². The molecular weight excluding hydrogens is 381 g/mol. The van der Waals surface area contributed by atoms with E-state index in [1.807, 2.05) is 30.3 Å². The van der Waals surface area contributed by atoms with Gasteiger partial charge in [0.1, 0.15) is 12.6 Å². The van der Waals surface area contributed by atoms with E-state index < -0.39 is 31.6 Å². The van der Waals surface area contributed by atoms with E-state index in [2.05, 4.69) is 5.32 Å². The molecule has 28 heavy (non-hydrogen) atoms. The standard InChI is InChI=1S/C20H28NO6P/c1-28(24,27-16-10-6-3-7-11-16)13-12-17-19(22)26-18(21-17)20(23)25-14-15-8-4-2-5-9-15/h2,4-5,8-9,16-18,21H,3,6-7,10-14H2,1H3. The van der Waals surface area contributed by atoms with Crippen molar-refractivity contribution >= 4 is 19.3 Å². The van der Waals surface area contributed by atoms with Crippen LogP contribution in [0.25, 0.3) is 0 Å². The van der Waals surface area contributed by atoms with E-state index in [4.69, 9.17) is 14.0 Å². The average Bonchev–Trinajstić information content (AvgIpc) is 3.07. The molecule has 0 aromatic heterocycles. The molecule has 0 spiro atoms. The summed E-state index contributed by atoms with van der Waals surface area (Å²) >= 11 is 0. The quantitative estimate of drug-likeness (QED) is 0.521. The molecule has 8 heteroatoms. The van der Waals surface area contributed by atoms with Crippen LogP contribution in [-0.4, -0.2) is 43.1 Å². The number of nitrogens with one attached hydrogen (secondary N) is 1. The number of carbonyl (C=O) groups excluding carboxylic acids is 2. The van der Waals surface area contributed by atoms with Crippen molar-refractivity contribution in [1.82, 2.24) is 5.32 Å². The van der Waals surface area contributed by atoms with Gasteiger partial charge in [-0.3, -0.25) is 14.7 Å². The molecule has 1 saturated heterocycles. The van der Waals surface area contributed by atoms with E-state index in [9.17, 15) is 14.2 Å². The molecule has 0 radical (unpaired) electrons. The average molecular weight is 409 g/mol. The van der Waals surface area contributed by atoms with Gasteiger partial charge in [0.25, 0.3) is 6.23 Å². The number of hydrogen-bond acceptors (Lipinski definition) is 7. The van der Waals surface area contributed by atoms with Gasteiger partial charge in [-0.15, -0.1) is 0 Å². The predicted molar refractivity (Wildman–Crippen MR) is 104 cm³/mol. The van der Waals surface area contributed by atoms with Gasteiger partial charge < -0.3 is 14.0 Å². The van der Waals surface area contributed by atoms with Crippen LogP contribution in [0.2, 0.25) is 0 Å². The maximum Gasteiger partial charge on any atom is 0.363 e. The number of benzene rings is 1. The second-order valence-electron chi connectivity index (χ2n) is 7.52. The Kier molecular flexibility index (Phi) is 7.27. The third-order valence-electron chi connectivity index (χ3n) is 5.06. The molecule has 1 N–H and O–H groups in total. The molecular formula is C20H28NO6P. The highest BCUT2D eigenvalue weighted by atomic mass is 31.2. The Bertz CT molecular complexity index is 719. The van der Waals surface area contributed by atoms with Crippen LogP contribution in [0.4, 0.5) is 0 Å². The lowest BCUT2D eigenvalue weighted by Crippen LogP contribution is -2.38. The summed E-state index contributed by atoms with van der Waals surface area (Å²) in [4.78, 5) is 24.2. The number of esters is 2. The van der Waals surface area contributed by atoms with Crippen LogP contribution in [0, 0.1) is 0 Å². The second kappa shape index (κ2) is 9.68. The molecule has 0 amide bonds. The zero-order chi connectivity index (χ0) is 20.0. The van der Waals surface area contributed by atoms with E-state index in [1.165, 1.54) is 6.42 Å². The molecule has 1 aromatic carbocycles. The molecule has 3 unspecified atom stereocenters. The third kappa shape index (κ3) is 6.16. The number of hydrogen-bond donors (Lipinski definition) is 1. The maximum atomic E-state index is 12.7. The number of carbonyl (C=O) groups is 2. The zero-order valence-electron chi connectivity index (χ0n) is 16.2. The number of ether oxygens (including phenoxy) is 2. The molecule has 3 rings (SSSR count). The summed E-state index contributed by atoms with van der Waals surface area (Å²) in [5.74, 6) is -1.17. The first-order valence-electron chi connectivity index (χ1n) is 9.85. The van der Waals surface area contributed by atoms with Crippen molar-refractivity contribution in [2.45, 2.75) is 63.5 Å². The minimum Gasteiger partial charge on any atom is -0.457 e. The minimum atomic E-state index is -2.80. The highest BCUT2D eigenvalue weighted by Crippen LogP contribution is 2.47. The van der Waals surface area contributed by atoms with Gasteiger partial charge in [0.15, 0.2) is 0 Å². The van der Waals surface area contributed by atoms with E-state index >= 15 is 0 Å². The normalized spacial score (nSPS) is 25.1. The molecule has 1 saturated carbocycles. The van der Waals surface area contributed by atoms with Crippen molar-refractivity contribution < 1.29 is 28.2 Å². The topological polar surface area (TPSA) is 90.9 Å². The van der Waals surface area contributed by atoms with E-state index in [1.54, 1.807) is 6.66 Å². The lowest BCUT2D eigenvalue weighted by atomic mass is 9.98. The third-order valence-corrected chi connectivity index (χ3v) is 6.87. The molecule has 2 fully saturated rings. The highest BCUT2D eigenvalue weighted by Gasteiger charge is 2.39. The van der Waals surface area contributed by atoms with Crippen LogP contribution in [0.1, 0.15) is 44.1 Å². The fourth-order valence-corrected chi connectivity index (χ4v) is 5.18. The second-order valence-corrected chi connectivity index (χ2v) is 10.2. The largest absolute Gasteiger partial charge is 0.457 e. The lowest BCUT2D eigenvalue weighted by molar-refractivity contribution is -0.163. The van der Waals surface area contributed by atoms with E-state index in [0.717, 1.165) is 31.2 Å². The Hall–Kier alpha value is -1.69. The summed E-state index contributed by atoms with van der Waals surface area (Å²) in [6.45, 7) is 1.73. The fourth-order valence-electron chi connectivity index (χ4n) is 3.51.